The van der Waals surface area contributed by atoms with Gasteiger partial charge in [-0.15, -0.1) is 0 Å². The van der Waals surface area contributed by atoms with E-state index in [9.17, 15) is 0 Å². The summed E-state index contributed by atoms with van der Waals surface area (Å²) in [5.41, 5.74) is 0.125. The van der Waals surface area contributed by atoms with Crippen molar-refractivity contribution in [2.45, 2.75) is 56.7 Å². The summed E-state index contributed by atoms with van der Waals surface area (Å²) in [5.74, 6) is 1.21. The fraction of sp³-hybridized carbons (Fsp3) is 0.867. The van der Waals surface area contributed by atoms with E-state index in [2.05, 4.69) is 46.6 Å². The van der Waals surface area contributed by atoms with E-state index < -0.39 is 0 Å². The summed E-state index contributed by atoms with van der Waals surface area (Å²) in [7, 11) is 2.24. The molecule has 0 aliphatic carbocycles. The van der Waals surface area contributed by atoms with Gasteiger partial charge in [-0.05, 0) is 39.3 Å². The summed E-state index contributed by atoms with van der Waals surface area (Å²) < 4.78 is -0.0145. The Morgan fingerprint density at radius 2 is 2.11 bits per heavy atom. The van der Waals surface area contributed by atoms with Gasteiger partial charge in [0.15, 0.2) is 0 Å². The van der Waals surface area contributed by atoms with Crippen LogP contribution in [0, 0.1) is 25.7 Å². The molecule has 0 saturated carbocycles. The van der Waals surface area contributed by atoms with Crippen molar-refractivity contribution < 1.29 is 32.7 Å². The maximum atomic E-state index is 5.01. The number of rotatable bonds is 4. The van der Waals surface area contributed by atoms with Gasteiger partial charge in [-0.1, -0.05) is 20.3 Å². The average molecular weight is 344 g/mol. The van der Waals surface area contributed by atoms with Crippen LogP contribution in [-0.2, 0) is 32.7 Å². The molecule has 1 nitrogen and oxygen atoms in total. The van der Waals surface area contributed by atoms with Crippen molar-refractivity contribution in [3.8, 4) is 0 Å². The fourth-order valence-corrected chi connectivity index (χ4v) is 4.21. The third-order valence-corrected chi connectivity index (χ3v) is 5.13. The normalized spacial score (nSPS) is 34.5. The molecule has 0 aromatic heterocycles. The van der Waals surface area contributed by atoms with Crippen LogP contribution in [0.1, 0.15) is 46.5 Å². The van der Waals surface area contributed by atoms with Crippen LogP contribution in [0.15, 0.2) is 0 Å². The molecule has 0 bridgehead atoms. The van der Waals surface area contributed by atoms with Crippen molar-refractivity contribution in [2.75, 3.05) is 13.6 Å². The van der Waals surface area contributed by atoms with Crippen LogP contribution in [0.2, 0.25) is 0 Å². The number of thiol groups is 1. The third kappa shape index (κ3) is 3.96. The second kappa shape index (κ2) is 7.43. The Morgan fingerprint density at radius 3 is 2.56 bits per heavy atom. The van der Waals surface area contributed by atoms with Gasteiger partial charge in [0.1, 0.15) is 0 Å². The standard InChI is InChI=1S/C15H29NS.Y/c1-7-15(14(5,17)10-12(2)3)11-13(4)8-9-16(15)6;/h12-13,17H,1-2,7-11H2,3-6H3;/q-2;. The summed E-state index contributed by atoms with van der Waals surface area (Å²) in [4.78, 5) is 2.50. The van der Waals surface area contributed by atoms with E-state index in [0.29, 0.717) is 5.92 Å². The maximum Gasteiger partial charge on any atom is 0.0238 e. The number of hydrogen-bond donors (Lipinski definition) is 1. The van der Waals surface area contributed by atoms with Crippen molar-refractivity contribution in [2.24, 2.45) is 11.8 Å². The van der Waals surface area contributed by atoms with Gasteiger partial charge < -0.3 is 18.7 Å². The Labute approximate surface area is 145 Å². The molecule has 1 heterocycles. The Kier molecular flexibility index (Phi) is 8.01. The molecule has 0 aromatic carbocycles. The Balaban J connectivity index is 0.00000289. The summed E-state index contributed by atoms with van der Waals surface area (Å²) >= 11 is 5.01. The molecule has 1 saturated heterocycles. The van der Waals surface area contributed by atoms with Crippen LogP contribution in [0.4, 0.5) is 0 Å². The Hall–Kier alpha value is 1.41. The first-order chi connectivity index (χ1) is 7.75. The number of piperidine rings is 1. The van der Waals surface area contributed by atoms with Crippen LogP contribution in [0.25, 0.3) is 0 Å². The van der Waals surface area contributed by atoms with Gasteiger partial charge >= 0.3 is 0 Å². The van der Waals surface area contributed by atoms with Gasteiger partial charge in [0.05, 0.1) is 0 Å². The quantitative estimate of drug-likeness (QED) is 0.599. The van der Waals surface area contributed by atoms with Crippen molar-refractivity contribution in [1.29, 1.82) is 0 Å². The van der Waals surface area contributed by atoms with E-state index >= 15 is 0 Å². The van der Waals surface area contributed by atoms with Gasteiger partial charge in [-0.2, -0.15) is 25.0 Å². The maximum absolute atomic E-state index is 5.01. The zero-order valence-electron chi connectivity index (χ0n) is 12.6. The largest absolute Gasteiger partial charge is 0.342 e. The van der Waals surface area contributed by atoms with Crippen LogP contribution in [0.5, 0.6) is 0 Å². The predicted molar refractivity (Wildman–Crippen MR) is 80.3 cm³/mol. The molecular weight excluding hydrogens is 315 g/mol. The first-order valence-electron chi connectivity index (χ1n) is 6.81. The molecule has 4 unspecified atom stereocenters. The molecule has 0 amide bonds. The minimum Gasteiger partial charge on any atom is -0.342 e. The van der Waals surface area contributed by atoms with Gasteiger partial charge in [0.25, 0.3) is 0 Å². The van der Waals surface area contributed by atoms with Gasteiger partial charge in [0, 0.05) is 43.0 Å². The third-order valence-electron chi connectivity index (χ3n) is 4.54. The summed E-state index contributed by atoms with van der Waals surface area (Å²) in [6.07, 6.45) is 4.48. The van der Waals surface area contributed by atoms with Gasteiger partial charge in [-0.3, -0.25) is 0 Å². The van der Waals surface area contributed by atoms with E-state index in [4.69, 9.17) is 12.6 Å². The summed E-state index contributed by atoms with van der Waals surface area (Å²) in [5, 5.41) is 0. The van der Waals surface area contributed by atoms with E-state index in [0.717, 1.165) is 18.8 Å². The minimum absolute atomic E-state index is 0. The molecule has 1 aliphatic heterocycles. The zero-order valence-corrected chi connectivity index (χ0v) is 16.3. The first-order valence-corrected chi connectivity index (χ1v) is 7.26. The molecule has 18 heavy (non-hydrogen) atoms. The minimum atomic E-state index is -0.0145. The van der Waals surface area contributed by atoms with Crippen molar-refractivity contribution in [3.63, 3.8) is 0 Å². The van der Waals surface area contributed by atoms with Crippen LogP contribution in [-0.4, -0.2) is 28.8 Å². The number of nitrogens with zero attached hydrogens (tertiary/aromatic N) is 1. The van der Waals surface area contributed by atoms with E-state index in [1.807, 2.05) is 0 Å². The van der Waals surface area contributed by atoms with E-state index in [-0.39, 0.29) is 43.0 Å². The van der Waals surface area contributed by atoms with Crippen molar-refractivity contribution in [3.05, 3.63) is 13.8 Å². The second-order valence-corrected chi connectivity index (χ2v) is 7.37. The molecule has 1 fully saturated rings. The molecule has 0 spiro atoms. The molecule has 0 aromatic rings. The second-order valence-electron chi connectivity index (χ2n) is 6.38. The average Bonchev–Trinajstić information content (AvgIpc) is 2.19. The van der Waals surface area contributed by atoms with Crippen molar-refractivity contribution >= 4 is 12.6 Å². The number of hydrogen-bond acceptors (Lipinski definition) is 2. The smallest absolute Gasteiger partial charge is 0.0238 e. The molecule has 1 aliphatic rings. The zero-order chi connectivity index (χ0) is 13.3. The van der Waals surface area contributed by atoms with E-state index in [1.54, 1.807) is 0 Å². The predicted octanol–water partition coefficient (Wildman–Crippen LogP) is 3.86. The van der Waals surface area contributed by atoms with E-state index in [1.165, 1.54) is 19.4 Å². The summed E-state index contributed by atoms with van der Waals surface area (Å²) in [6, 6.07) is 0. The SMILES string of the molecule is [CH2-]CC1(C(C)(S)CC([CH2-])C)CC(C)CCN1C.[Y]. The molecular formula is C15H29NSY-2. The molecule has 0 N–H and O–H groups in total. The fourth-order valence-electron chi connectivity index (χ4n) is 3.52. The van der Waals surface area contributed by atoms with Crippen LogP contribution < -0.4 is 0 Å². The van der Waals surface area contributed by atoms with Crippen LogP contribution in [0.3, 0.4) is 0 Å². The monoisotopic (exact) mass is 344 g/mol. The molecule has 1 radical (unpaired) electrons. The molecule has 4 atom stereocenters. The van der Waals surface area contributed by atoms with Gasteiger partial charge in [-0.25, -0.2) is 0 Å². The Morgan fingerprint density at radius 1 is 1.56 bits per heavy atom. The Bertz CT molecular complexity index is 255. The molecule has 1 rings (SSSR count). The molecule has 105 valence electrons. The van der Waals surface area contributed by atoms with Gasteiger partial charge in [0.2, 0.25) is 0 Å². The first kappa shape index (κ1) is 19.4. The summed E-state index contributed by atoms with van der Waals surface area (Å²) in [6.45, 7) is 16.3. The van der Waals surface area contributed by atoms with Crippen LogP contribution >= 0.6 is 12.6 Å². The van der Waals surface area contributed by atoms with Crippen molar-refractivity contribution in [1.82, 2.24) is 4.90 Å². The topological polar surface area (TPSA) is 3.24 Å². The molecule has 3 heteroatoms. The number of likely N-dealkylation sites (tertiary alicyclic amines) is 1.